The summed E-state index contributed by atoms with van der Waals surface area (Å²) in [6.07, 6.45) is 3.68. The monoisotopic (exact) mass is 290 g/mol. The number of benzene rings is 1. The predicted molar refractivity (Wildman–Crippen MR) is 87.3 cm³/mol. The minimum atomic E-state index is 0.858. The van der Waals surface area contributed by atoms with E-state index in [1.54, 1.807) is 0 Å². The minimum absolute atomic E-state index is 0.858. The van der Waals surface area contributed by atoms with Gasteiger partial charge in [-0.1, -0.05) is 29.8 Å². The molecule has 3 heterocycles. The smallest absolute Gasteiger partial charge is 0.100 e. The molecule has 4 nitrogen and oxygen atoms in total. The van der Waals surface area contributed by atoms with Crippen LogP contribution in [-0.4, -0.2) is 21.3 Å². The molecule has 2 aromatic heterocycles. The molecule has 0 atom stereocenters. The quantitative estimate of drug-likeness (QED) is 0.789. The van der Waals surface area contributed by atoms with Crippen LogP contribution in [-0.2, 0) is 13.1 Å². The van der Waals surface area contributed by atoms with Crippen molar-refractivity contribution in [2.45, 2.75) is 20.0 Å². The molecular weight excluding hydrogens is 272 g/mol. The Morgan fingerprint density at radius 3 is 2.55 bits per heavy atom. The van der Waals surface area contributed by atoms with Gasteiger partial charge >= 0.3 is 0 Å². The van der Waals surface area contributed by atoms with Crippen LogP contribution in [0, 0.1) is 6.92 Å². The zero-order valence-corrected chi connectivity index (χ0v) is 12.6. The van der Waals surface area contributed by atoms with Crippen molar-refractivity contribution in [2.75, 3.05) is 6.54 Å². The summed E-state index contributed by atoms with van der Waals surface area (Å²) in [5, 5.41) is 8.33. The number of fused-ring (bicyclic) bond motifs is 1. The summed E-state index contributed by atoms with van der Waals surface area (Å²) >= 11 is 0. The van der Waals surface area contributed by atoms with Gasteiger partial charge < -0.3 is 5.32 Å². The Morgan fingerprint density at radius 1 is 1.00 bits per heavy atom. The Balaban J connectivity index is 1.94. The lowest BCUT2D eigenvalue weighted by molar-refractivity contribution is 0.477. The van der Waals surface area contributed by atoms with Crippen LogP contribution in [0.5, 0.6) is 0 Å². The Bertz CT molecular complexity index is 788. The lowest BCUT2D eigenvalue weighted by atomic mass is 9.99. The van der Waals surface area contributed by atoms with Crippen molar-refractivity contribution in [1.82, 2.24) is 20.1 Å². The fourth-order valence-electron chi connectivity index (χ4n) is 2.99. The molecule has 0 saturated carbocycles. The summed E-state index contributed by atoms with van der Waals surface area (Å²) in [4.78, 5) is 4.14. The molecule has 4 rings (SSSR count). The highest BCUT2D eigenvalue weighted by Gasteiger charge is 2.22. The maximum Gasteiger partial charge on any atom is 0.100 e. The molecule has 1 aliphatic heterocycles. The molecule has 0 bridgehead atoms. The zero-order chi connectivity index (χ0) is 14.9. The molecule has 0 spiro atoms. The van der Waals surface area contributed by atoms with E-state index in [1.807, 2.05) is 12.4 Å². The van der Waals surface area contributed by atoms with Crippen LogP contribution in [0.1, 0.15) is 11.3 Å². The maximum atomic E-state index is 4.88. The topological polar surface area (TPSA) is 42.7 Å². The number of aromatic nitrogens is 3. The molecular formula is C18H18N4. The van der Waals surface area contributed by atoms with E-state index in [1.165, 1.54) is 27.9 Å². The van der Waals surface area contributed by atoms with E-state index in [9.17, 15) is 0 Å². The van der Waals surface area contributed by atoms with E-state index < -0.39 is 0 Å². The van der Waals surface area contributed by atoms with Crippen molar-refractivity contribution >= 4 is 0 Å². The van der Waals surface area contributed by atoms with Crippen molar-refractivity contribution in [2.24, 2.45) is 0 Å². The molecule has 0 unspecified atom stereocenters. The summed E-state index contributed by atoms with van der Waals surface area (Å²) in [7, 11) is 0. The molecule has 3 aromatic rings. The number of aryl methyl sites for hydroxylation is 1. The van der Waals surface area contributed by atoms with Crippen molar-refractivity contribution in [3.8, 4) is 22.4 Å². The molecule has 1 N–H and O–H groups in total. The van der Waals surface area contributed by atoms with Crippen molar-refractivity contribution in [1.29, 1.82) is 0 Å². The van der Waals surface area contributed by atoms with E-state index in [0.717, 1.165) is 25.3 Å². The second-order valence-corrected chi connectivity index (χ2v) is 5.67. The summed E-state index contributed by atoms with van der Waals surface area (Å²) in [6.45, 7) is 4.85. The standard InChI is InChI=1S/C18H18N4/c1-13-2-4-15(5-3-13)18-17(14-6-8-19-9-7-14)16-12-20-10-11-22(16)21-18/h2-9,20H,10-12H2,1H3. The van der Waals surface area contributed by atoms with E-state index in [2.05, 4.69) is 58.3 Å². The third kappa shape index (κ3) is 2.22. The molecule has 0 amide bonds. The highest BCUT2D eigenvalue weighted by Crippen LogP contribution is 2.35. The van der Waals surface area contributed by atoms with Gasteiger partial charge in [-0.15, -0.1) is 0 Å². The van der Waals surface area contributed by atoms with Gasteiger partial charge in [0.25, 0.3) is 0 Å². The summed E-state index contributed by atoms with van der Waals surface area (Å²) in [5.41, 5.74) is 7.14. The van der Waals surface area contributed by atoms with Crippen LogP contribution < -0.4 is 5.32 Å². The fraction of sp³-hybridized carbons (Fsp3) is 0.222. The second-order valence-electron chi connectivity index (χ2n) is 5.67. The lowest BCUT2D eigenvalue weighted by Gasteiger charge is -2.16. The minimum Gasteiger partial charge on any atom is -0.309 e. The molecule has 0 radical (unpaired) electrons. The Hall–Kier alpha value is -2.46. The van der Waals surface area contributed by atoms with Crippen LogP contribution in [0.15, 0.2) is 48.8 Å². The molecule has 1 aromatic carbocycles. The second kappa shape index (κ2) is 5.39. The van der Waals surface area contributed by atoms with E-state index in [0.29, 0.717) is 0 Å². The maximum absolute atomic E-state index is 4.88. The fourth-order valence-corrected chi connectivity index (χ4v) is 2.99. The van der Waals surface area contributed by atoms with E-state index in [4.69, 9.17) is 5.10 Å². The van der Waals surface area contributed by atoms with E-state index in [-0.39, 0.29) is 0 Å². The largest absolute Gasteiger partial charge is 0.309 e. The first-order valence-electron chi connectivity index (χ1n) is 7.61. The number of pyridine rings is 1. The van der Waals surface area contributed by atoms with Gasteiger partial charge in [-0.2, -0.15) is 5.10 Å². The van der Waals surface area contributed by atoms with Gasteiger partial charge in [-0.05, 0) is 24.6 Å². The van der Waals surface area contributed by atoms with Crippen LogP contribution in [0.2, 0.25) is 0 Å². The number of nitrogens with zero attached hydrogens (tertiary/aromatic N) is 3. The van der Waals surface area contributed by atoms with Crippen molar-refractivity contribution in [3.05, 3.63) is 60.0 Å². The van der Waals surface area contributed by atoms with Gasteiger partial charge in [-0.3, -0.25) is 9.67 Å². The zero-order valence-electron chi connectivity index (χ0n) is 12.6. The van der Waals surface area contributed by atoms with Crippen LogP contribution >= 0.6 is 0 Å². The van der Waals surface area contributed by atoms with Crippen molar-refractivity contribution < 1.29 is 0 Å². The number of hydrogen-bond donors (Lipinski definition) is 1. The lowest BCUT2D eigenvalue weighted by Crippen LogP contribution is -2.28. The number of hydrogen-bond acceptors (Lipinski definition) is 3. The average molecular weight is 290 g/mol. The summed E-state index contributed by atoms with van der Waals surface area (Å²) < 4.78 is 2.14. The van der Waals surface area contributed by atoms with Gasteiger partial charge in [0.05, 0.1) is 12.2 Å². The molecule has 4 heteroatoms. The molecule has 0 fully saturated rings. The third-order valence-corrected chi connectivity index (χ3v) is 4.14. The summed E-state index contributed by atoms with van der Waals surface area (Å²) in [6, 6.07) is 12.7. The highest BCUT2D eigenvalue weighted by molar-refractivity contribution is 5.82. The Morgan fingerprint density at radius 2 is 1.77 bits per heavy atom. The van der Waals surface area contributed by atoms with Crippen LogP contribution in [0.3, 0.4) is 0 Å². The van der Waals surface area contributed by atoms with Gasteiger partial charge in [0.2, 0.25) is 0 Å². The molecule has 110 valence electrons. The predicted octanol–water partition coefficient (Wildman–Crippen LogP) is 3.02. The van der Waals surface area contributed by atoms with Gasteiger partial charge in [0, 0.05) is 36.6 Å². The highest BCUT2D eigenvalue weighted by atomic mass is 15.3. The molecule has 0 saturated heterocycles. The van der Waals surface area contributed by atoms with Crippen LogP contribution in [0.25, 0.3) is 22.4 Å². The number of rotatable bonds is 2. The van der Waals surface area contributed by atoms with Gasteiger partial charge in [0.1, 0.15) is 5.69 Å². The number of nitrogens with one attached hydrogen (secondary N) is 1. The summed E-state index contributed by atoms with van der Waals surface area (Å²) in [5.74, 6) is 0. The van der Waals surface area contributed by atoms with Gasteiger partial charge in [0.15, 0.2) is 0 Å². The SMILES string of the molecule is Cc1ccc(-c2nn3c(c2-c2ccncc2)CNCC3)cc1. The van der Waals surface area contributed by atoms with Crippen LogP contribution in [0.4, 0.5) is 0 Å². The normalized spacial score (nSPS) is 13.9. The van der Waals surface area contributed by atoms with Gasteiger partial charge in [-0.25, -0.2) is 0 Å². The molecule has 22 heavy (non-hydrogen) atoms. The average Bonchev–Trinajstić information content (AvgIpc) is 2.96. The van der Waals surface area contributed by atoms with Crippen molar-refractivity contribution in [3.63, 3.8) is 0 Å². The first-order valence-corrected chi connectivity index (χ1v) is 7.61. The van der Waals surface area contributed by atoms with E-state index >= 15 is 0 Å². The Kier molecular flexibility index (Phi) is 3.24. The Labute approximate surface area is 129 Å². The molecule has 1 aliphatic rings. The first kappa shape index (κ1) is 13.2. The third-order valence-electron chi connectivity index (χ3n) is 4.14. The molecule has 0 aliphatic carbocycles. The first-order chi connectivity index (χ1) is 10.8.